The lowest BCUT2D eigenvalue weighted by atomic mass is 10.1. The number of imidazole rings is 1. The molecule has 2 heterocycles. The third-order valence-corrected chi connectivity index (χ3v) is 5.47. The summed E-state index contributed by atoms with van der Waals surface area (Å²) in [5, 5.41) is 2.76. The Kier molecular flexibility index (Phi) is 4.86. The largest absolute Gasteiger partial charge is 0.343 e. The second-order valence-electron chi connectivity index (χ2n) is 7.37. The maximum Gasteiger partial charge on any atom is 0.251 e. The number of para-hydroxylation sites is 2. The molecule has 3 aromatic rings. The lowest BCUT2D eigenvalue weighted by molar-refractivity contribution is -0.131. The molecule has 0 unspecified atom stereocenters. The third kappa shape index (κ3) is 3.50. The van der Waals surface area contributed by atoms with Gasteiger partial charge in [-0.05, 0) is 62.1 Å². The zero-order chi connectivity index (χ0) is 19.7. The Bertz CT molecular complexity index is 1010. The van der Waals surface area contributed by atoms with Crippen LogP contribution in [0.15, 0.2) is 42.5 Å². The van der Waals surface area contributed by atoms with E-state index in [-0.39, 0.29) is 24.4 Å². The molecule has 6 heteroatoms. The maximum absolute atomic E-state index is 12.8. The average molecular weight is 376 g/mol. The molecule has 0 saturated carbocycles. The molecule has 144 valence electrons. The van der Waals surface area contributed by atoms with Crippen molar-refractivity contribution >= 4 is 22.8 Å². The second-order valence-corrected chi connectivity index (χ2v) is 7.37. The monoisotopic (exact) mass is 376 g/mol. The van der Waals surface area contributed by atoms with E-state index < -0.39 is 0 Å². The number of nitrogens with one attached hydrogen (secondary N) is 2. The minimum Gasteiger partial charge on any atom is -0.343 e. The van der Waals surface area contributed by atoms with Gasteiger partial charge in [-0.2, -0.15) is 0 Å². The van der Waals surface area contributed by atoms with Crippen molar-refractivity contribution in [2.24, 2.45) is 0 Å². The first-order chi connectivity index (χ1) is 13.5. The molecular weight excluding hydrogens is 352 g/mol. The number of hydrogen-bond acceptors (Lipinski definition) is 3. The normalized spacial score (nSPS) is 16.5. The van der Waals surface area contributed by atoms with Crippen LogP contribution in [-0.4, -0.2) is 39.8 Å². The highest BCUT2D eigenvalue weighted by Gasteiger charge is 2.32. The van der Waals surface area contributed by atoms with Crippen molar-refractivity contribution in [2.75, 3.05) is 13.1 Å². The van der Waals surface area contributed by atoms with Gasteiger partial charge in [-0.15, -0.1) is 0 Å². The molecule has 2 amide bonds. The van der Waals surface area contributed by atoms with E-state index in [4.69, 9.17) is 0 Å². The number of hydrogen-bond donors (Lipinski definition) is 2. The van der Waals surface area contributed by atoms with Crippen LogP contribution >= 0.6 is 0 Å². The molecular formula is C22H24N4O2. The number of H-pyrrole nitrogens is 1. The Morgan fingerprint density at radius 3 is 2.79 bits per heavy atom. The molecule has 2 N–H and O–H groups in total. The van der Waals surface area contributed by atoms with Gasteiger partial charge in [-0.1, -0.05) is 18.2 Å². The Hall–Kier alpha value is -3.15. The van der Waals surface area contributed by atoms with E-state index in [0.717, 1.165) is 40.8 Å². The van der Waals surface area contributed by atoms with Crippen LogP contribution < -0.4 is 5.32 Å². The molecule has 1 saturated heterocycles. The molecule has 1 fully saturated rings. The molecule has 1 aliphatic heterocycles. The minimum atomic E-state index is -0.226. The van der Waals surface area contributed by atoms with Crippen molar-refractivity contribution in [3.63, 3.8) is 0 Å². The van der Waals surface area contributed by atoms with Crippen molar-refractivity contribution < 1.29 is 9.59 Å². The van der Waals surface area contributed by atoms with Crippen LogP contribution in [0.25, 0.3) is 11.0 Å². The van der Waals surface area contributed by atoms with Gasteiger partial charge in [0.25, 0.3) is 5.91 Å². The quantitative estimate of drug-likeness (QED) is 0.734. The van der Waals surface area contributed by atoms with Crippen molar-refractivity contribution in [3.8, 4) is 0 Å². The number of fused-ring (bicyclic) bond motifs is 1. The number of likely N-dealkylation sites (tertiary alicyclic amines) is 1. The lowest BCUT2D eigenvalue weighted by Gasteiger charge is -2.23. The molecule has 1 atom stereocenters. The van der Waals surface area contributed by atoms with Crippen LogP contribution in [0.1, 0.15) is 46.2 Å². The summed E-state index contributed by atoms with van der Waals surface area (Å²) in [5.74, 6) is 0.503. The number of carbonyl (C=O) groups excluding carboxylic acids is 2. The van der Waals surface area contributed by atoms with Crippen LogP contribution in [0.2, 0.25) is 0 Å². The van der Waals surface area contributed by atoms with Gasteiger partial charge in [0.05, 0.1) is 23.6 Å². The maximum atomic E-state index is 12.8. The van der Waals surface area contributed by atoms with Crippen molar-refractivity contribution in [2.45, 2.75) is 32.7 Å². The highest BCUT2D eigenvalue weighted by molar-refractivity contribution is 5.96. The molecule has 4 rings (SSSR count). The van der Waals surface area contributed by atoms with Crippen LogP contribution in [-0.2, 0) is 4.79 Å². The number of rotatable bonds is 4. The molecule has 28 heavy (non-hydrogen) atoms. The topological polar surface area (TPSA) is 78.1 Å². The van der Waals surface area contributed by atoms with Gasteiger partial charge in [0.15, 0.2) is 0 Å². The second kappa shape index (κ2) is 7.46. The zero-order valence-corrected chi connectivity index (χ0v) is 16.2. The van der Waals surface area contributed by atoms with Crippen LogP contribution in [0.4, 0.5) is 0 Å². The third-order valence-electron chi connectivity index (χ3n) is 5.47. The van der Waals surface area contributed by atoms with E-state index in [9.17, 15) is 9.59 Å². The van der Waals surface area contributed by atoms with E-state index in [0.29, 0.717) is 12.1 Å². The highest BCUT2D eigenvalue weighted by atomic mass is 16.2. The van der Waals surface area contributed by atoms with Gasteiger partial charge >= 0.3 is 0 Å². The van der Waals surface area contributed by atoms with E-state index in [1.807, 2.05) is 55.1 Å². The molecule has 2 aromatic carbocycles. The van der Waals surface area contributed by atoms with Gasteiger partial charge in [0.2, 0.25) is 5.91 Å². The summed E-state index contributed by atoms with van der Waals surface area (Å²) in [6.07, 6.45) is 1.80. The standard InChI is InChI=1S/C22H24N4O2/c1-14-9-10-16(12-15(14)2)22(28)23-13-20(27)26-11-5-8-19(26)21-24-17-6-3-4-7-18(17)25-21/h3-4,6-7,9-10,12,19H,5,8,11,13H2,1-2H3,(H,23,28)(H,24,25)/t19-/m0/s1. The molecule has 0 radical (unpaired) electrons. The smallest absolute Gasteiger partial charge is 0.251 e. The van der Waals surface area contributed by atoms with Gasteiger partial charge in [0, 0.05) is 12.1 Å². The predicted octanol–water partition coefficient (Wildman–Crippen LogP) is 3.27. The van der Waals surface area contributed by atoms with Gasteiger partial charge in [0.1, 0.15) is 5.82 Å². The number of nitrogens with zero attached hydrogens (tertiary/aromatic N) is 2. The Morgan fingerprint density at radius 1 is 1.18 bits per heavy atom. The first kappa shape index (κ1) is 18.2. The molecule has 0 bridgehead atoms. The van der Waals surface area contributed by atoms with E-state index in [1.165, 1.54) is 0 Å². The predicted molar refractivity (Wildman–Crippen MR) is 108 cm³/mol. The number of aromatic nitrogens is 2. The first-order valence-corrected chi connectivity index (χ1v) is 9.62. The summed E-state index contributed by atoms with van der Waals surface area (Å²) in [5.41, 5.74) is 4.65. The summed E-state index contributed by atoms with van der Waals surface area (Å²) < 4.78 is 0. The number of benzene rings is 2. The Morgan fingerprint density at radius 2 is 2.00 bits per heavy atom. The van der Waals surface area contributed by atoms with Crippen molar-refractivity contribution in [1.29, 1.82) is 0 Å². The SMILES string of the molecule is Cc1ccc(C(=O)NCC(=O)N2CCC[C@H]2c2nc3ccccc3[nH]2)cc1C. The summed E-state index contributed by atoms with van der Waals surface area (Å²) in [6.45, 7) is 4.65. The fourth-order valence-corrected chi connectivity index (χ4v) is 3.72. The van der Waals surface area contributed by atoms with E-state index in [1.54, 1.807) is 6.07 Å². The zero-order valence-electron chi connectivity index (χ0n) is 16.2. The van der Waals surface area contributed by atoms with Crippen LogP contribution in [0.3, 0.4) is 0 Å². The fourth-order valence-electron chi connectivity index (χ4n) is 3.72. The summed E-state index contributed by atoms with van der Waals surface area (Å²) in [4.78, 5) is 35.0. The first-order valence-electron chi connectivity index (χ1n) is 9.62. The van der Waals surface area contributed by atoms with Crippen LogP contribution in [0, 0.1) is 13.8 Å². The van der Waals surface area contributed by atoms with E-state index in [2.05, 4.69) is 15.3 Å². The van der Waals surface area contributed by atoms with Gasteiger partial charge in [-0.25, -0.2) is 4.98 Å². The molecule has 0 aliphatic carbocycles. The molecule has 6 nitrogen and oxygen atoms in total. The van der Waals surface area contributed by atoms with Crippen molar-refractivity contribution in [1.82, 2.24) is 20.2 Å². The summed E-state index contributed by atoms with van der Waals surface area (Å²) in [6, 6.07) is 13.3. The molecule has 0 spiro atoms. The highest BCUT2D eigenvalue weighted by Crippen LogP contribution is 2.31. The average Bonchev–Trinajstić information content (AvgIpc) is 3.34. The van der Waals surface area contributed by atoms with Gasteiger partial charge < -0.3 is 15.2 Å². The summed E-state index contributed by atoms with van der Waals surface area (Å²) >= 11 is 0. The van der Waals surface area contributed by atoms with Crippen LogP contribution in [0.5, 0.6) is 0 Å². The van der Waals surface area contributed by atoms with Crippen molar-refractivity contribution in [3.05, 3.63) is 65.0 Å². The van der Waals surface area contributed by atoms with Gasteiger partial charge in [-0.3, -0.25) is 9.59 Å². The minimum absolute atomic E-state index is 0.0114. The lowest BCUT2D eigenvalue weighted by Crippen LogP contribution is -2.40. The summed E-state index contributed by atoms with van der Waals surface area (Å²) in [7, 11) is 0. The number of amides is 2. The molecule has 1 aliphatic rings. The fraction of sp³-hybridized carbons (Fsp3) is 0.318. The number of aryl methyl sites for hydroxylation is 2. The van der Waals surface area contributed by atoms with E-state index >= 15 is 0 Å². The Balaban J connectivity index is 1.43. The molecule has 1 aromatic heterocycles. The number of carbonyl (C=O) groups is 2. The Labute approximate surface area is 164 Å². The number of aromatic amines is 1.